The van der Waals surface area contributed by atoms with Crippen molar-refractivity contribution in [3.8, 4) is 17.1 Å². The molecule has 0 unspecified atom stereocenters. The van der Waals surface area contributed by atoms with Crippen LogP contribution in [0.5, 0.6) is 0 Å². The maximum Gasteiger partial charge on any atom is 0.159 e. The van der Waals surface area contributed by atoms with E-state index in [2.05, 4.69) is 31.0 Å². The van der Waals surface area contributed by atoms with E-state index in [1.807, 2.05) is 43.3 Å². The van der Waals surface area contributed by atoms with E-state index >= 15 is 0 Å². The number of halogens is 1. The molecule has 3 rings (SSSR count). The normalized spacial score (nSPS) is 10.7. The van der Waals surface area contributed by atoms with Gasteiger partial charge in [-0.15, -0.1) is 0 Å². The lowest BCUT2D eigenvalue weighted by Crippen LogP contribution is -2.04. The second-order valence-electron chi connectivity index (χ2n) is 4.36. The molecule has 2 N–H and O–H groups in total. The van der Waals surface area contributed by atoms with E-state index in [1.54, 1.807) is 4.68 Å². The van der Waals surface area contributed by atoms with Gasteiger partial charge in [-0.05, 0) is 13.0 Å². The average molecular weight is 330 g/mol. The Balaban J connectivity index is 2.10. The summed E-state index contributed by atoms with van der Waals surface area (Å²) >= 11 is 3.52. The van der Waals surface area contributed by atoms with Crippen molar-refractivity contribution in [1.29, 1.82) is 0 Å². The van der Waals surface area contributed by atoms with E-state index in [4.69, 9.17) is 5.73 Å². The molecule has 0 spiro atoms. The Bertz CT molecular complexity index is 766. The molecular weight excluding hydrogens is 318 g/mol. The van der Waals surface area contributed by atoms with Gasteiger partial charge in [0.05, 0.1) is 5.69 Å². The number of rotatable bonds is 2. The first kappa shape index (κ1) is 12.8. The largest absolute Gasteiger partial charge is 0.384 e. The zero-order chi connectivity index (χ0) is 14.1. The van der Waals surface area contributed by atoms with Gasteiger partial charge >= 0.3 is 0 Å². The number of hydrogen-bond donors (Lipinski definition) is 1. The third kappa shape index (κ3) is 2.30. The average Bonchev–Trinajstić information content (AvgIpc) is 2.81. The number of aryl methyl sites for hydroxylation is 1. The second kappa shape index (κ2) is 5.05. The highest BCUT2D eigenvalue weighted by Crippen LogP contribution is 2.28. The molecule has 0 radical (unpaired) electrons. The number of aromatic nitrogens is 4. The predicted molar refractivity (Wildman–Crippen MR) is 81.4 cm³/mol. The monoisotopic (exact) mass is 329 g/mol. The van der Waals surface area contributed by atoms with Gasteiger partial charge in [-0.2, -0.15) is 9.78 Å². The van der Waals surface area contributed by atoms with Gasteiger partial charge in [-0.3, -0.25) is 0 Å². The van der Waals surface area contributed by atoms with Gasteiger partial charge < -0.3 is 5.73 Å². The van der Waals surface area contributed by atoms with Crippen molar-refractivity contribution >= 4 is 21.7 Å². The first-order valence-corrected chi connectivity index (χ1v) is 6.84. The minimum Gasteiger partial charge on any atom is -0.384 e. The molecule has 2 heterocycles. The standard InChI is InChI=1S/C14H12BrN5/c1-9-6-14(18-8-17-9)20-13(16)7-12(19-20)10-4-2-3-5-11(10)15/h2-8H,16H2,1H3. The van der Waals surface area contributed by atoms with E-state index in [9.17, 15) is 0 Å². The summed E-state index contributed by atoms with van der Waals surface area (Å²) in [4.78, 5) is 8.27. The fraction of sp³-hybridized carbons (Fsp3) is 0.0714. The van der Waals surface area contributed by atoms with E-state index < -0.39 is 0 Å². The van der Waals surface area contributed by atoms with Crippen LogP contribution in [0.2, 0.25) is 0 Å². The van der Waals surface area contributed by atoms with Gasteiger partial charge in [-0.25, -0.2) is 9.97 Å². The first-order chi connectivity index (χ1) is 9.65. The van der Waals surface area contributed by atoms with Crippen LogP contribution in [0, 0.1) is 6.92 Å². The zero-order valence-corrected chi connectivity index (χ0v) is 12.4. The summed E-state index contributed by atoms with van der Waals surface area (Å²) in [6.07, 6.45) is 1.50. The maximum absolute atomic E-state index is 6.04. The van der Waals surface area contributed by atoms with Crippen molar-refractivity contribution in [1.82, 2.24) is 19.7 Å². The number of anilines is 1. The Morgan fingerprint density at radius 1 is 1.15 bits per heavy atom. The van der Waals surface area contributed by atoms with E-state index in [-0.39, 0.29) is 0 Å². The van der Waals surface area contributed by atoms with E-state index in [1.165, 1.54) is 6.33 Å². The number of nitrogens with two attached hydrogens (primary N) is 1. The van der Waals surface area contributed by atoms with Gasteiger partial charge in [0.25, 0.3) is 0 Å². The molecule has 3 aromatic rings. The lowest BCUT2D eigenvalue weighted by atomic mass is 10.1. The summed E-state index contributed by atoms with van der Waals surface area (Å²) in [5, 5.41) is 4.52. The van der Waals surface area contributed by atoms with Gasteiger partial charge in [0, 0.05) is 27.9 Å². The van der Waals surface area contributed by atoms with Crippen molar-refractivity contribution in [2.75, 3.05) is 5.73 Å². The van der Waals surface area contributed by atoms with Crippen LogP contribution >= 0.6 is 15.9 Å². The van der Waals surface area contributed by atoms with Crippen LogP contribution in [0.25, 0.3) is 17.1 Å². The van der Waals surface area contributed by atoms with Crippen LogP contribution in [0.4, 0.5) is 5.82 Å². The van der Waals surface area contributed by atoms with Crippen molar-refractivity contribution in [2.45, 2.75) is 6.92 Å². The van der Waals surface area contributed by atoms with Crippen molar-refractivity contribution in [2.24, 2.45) is 0 Å². The molecule has 0 bridgehead atoms. The summed E-state index contributed by atoms with van der Waals surface area (Å²) < 4.78 is 2.59. The third-order valence-electron chi connectivity index (χ3n) is 2.89. The summed E-state index contributed by atoms with van der Waals surface area (Å²) in [5.41, 5.74) is 8.69. The molecule has 5 nitrogen and oxygen atoms in total. The fourth-order valence-corrected chi connectivity index (χ4v) is 2.42. The van der Waals surface area contributed by atoms with Gasteiger partial charge in [0.1, 0.15) is 12.1 Å². The van der Waals surface area contributed by atoms with E-state index in [0.29, 0.717) is 11.6 Å². The molecule has 0 fully saturated rings. The molecule has 100 valence electrons. The molecule has 0 amide bonds. The van der Waals surface area contributed by atoms with Crippen LogP contribution in [0.1, 0.15) is 5.69 Å². The lowest BCUT2D eigenvalue weighted by molar-refractivity contribution is 0.847. The smallest absolute Gasteiger partial charge is 0.159 e. The molecule has 1 aromatic carbocycles. The Labute approximate surface area is 124 Å². The second-order valence-corrected chi connectivity index (χ2v) is 5.22. The highest BCUT2D eigenvalue weighted by molar-refractivity contribution is 9.10. The highest BCUT2D eigenvalue weighted by atomic mass is 79.9. The number of nitrogens with zero attached hydrogens (tertiary/aromatic N) is 4. The third-order valence-corrected chi connectivity index (χ3v) is 3.58. The predicted octanol–water partition coefficient (Wildman–Crippen LogP) is 2.98. The van der Waals surface area contributed by atoms with E-state index in [0.717, 1.165) is 21.4 Å². The van der Waals surface area contributed by atoms with Crippen molar-refractivity contribution in [3.05, 3.63) is 52.9 Å². The molecule has 0 saturated heterocycles. The Morgan fingerprint density at radius 2 is 1.95 bits per heavy atom. The molecule has 0 atom stereocenters. The lowest BCUT2D eigenvalue weighted by Gasteiger charge is -2.03. The van der Waals surface area contributed by atoms with Gasteiger partial charge in [-0.1, -0.05) is 34.1 Å². The Hall–Kier alpha value is -2.21. The topological polar surface area (TPSA) is 69.6 Å². The van der Waals surface area contributed by atoms with Crippen molar-refractivity contribution in [3.63, 3.8) is 0 Å². The highest BCUT2D eigenvalue weighted by Gasteiger charge is 2.11. The van der Waals surface area contributed by atoms with Crippen LogP contribution in [-0.2, 0) is 0 Å². The molecule has 2 aromatic heterocycles. The number of benzene rings is 1. The van der Waals surface area contributed by atoms with Crippen LogP contribution in [-0.4, -0.2) is 19.7 Å². The Kier molecular flexibility index (Phi) is 3.23. The molecule has 6 heteroatoms. The Morgan fingerprint density at radius 3 is 2.70 bits per heavy atom. The summed E-state index contributed by atoms with van der Waals surface area (Å²) in [6, 6.07) is 11.6. The number of nitrogen functional groups attached to an aromatic ring is 1. The molecule has 0 saturated carbocycles. The molecule has 20 heavy (non-hydrogen) atoms. The minimum absolute atomic E-state index is 0.536. The van der Waals surface area contributed by atoms with Crippen LogP contribution in [0.15, 0.2) is 47.2 Å². The minimum atomic E-state index is 0.536. The van der Waals surface area contributed by atoms with Crippen LogP contribution in [0.3, 0.4) is 0 Å². The molecular formula is C14H12BrN5. The quantitative estimate of drug-likeness (QED) is 0.784. The van der Waals surface area contributed by atoms with Gasteiger partial charge in [0.15, 0.2) is 5.82 Å². The summed E-state index contributed by atoms with van der Waals surface area (Å²) in [5.74, 6) is 1.20. The SMILES string of the molecule is Cc1cc(-n2nc(-c3ccccc3Br)cc2N)ncn1. The molecule has 0 aliphatic rings. The van der Waals surface area contributed by atoms with Crippen molar-refractivity contribution < 1.29 is 0 Å². The molecule has 0 aliphatic carbocycles. The van der Waals surface area contributed by atoms with Crippen LogP contribution < -0.4 is 5.73 Å². The maximum atomic E-state index is 6.04. The fourth-order valence-electron chi connectivity index (χ4n) is 1.94. The summed E-state index contributed by atoms with van der Waals surface area (Å²) in [6.45, 7) is 1.90. The zero-order valence-electron chi connectivity index (χ0n) is 10.8. The molecule has 0 aliphatic heterocycles. The first-order valence-electron chi connectivity index (χ1n) is 6.04. The van der Waals surface area contributed by atoms with Gasteiger partial charge in [0.2, 0.25) is 0 Å². The number of hydrogen-bond acceptors (Lipinski definition) is 4. The summed E-state index contributed by atoms with van der Waals surface area (Å²) in [7, 11) is 0.